The third kappa shape index (κ3) is 3.40. The highest BCUT2D eigenvalue weighted by atomic mass is 32.2. The maximum Gasteiger partial charge on any atom is 0.126 e. The van der Waals surface area contributed by atoms with Crippen LogP contribution in [0.15, 0.2) is 53.4 Å². The Morgan fingerprint density at radius 3 is 2.50 bits per heavy atom. The molecule has 0 amide bonds. The summed E-state index contributed by atoms with van der Waals surface area (Å²) in [5.41, 5.74) is 6.95. The molecule has 0 heterocycles. The normalized spacial score (nSPS) is 12.3. The maximum absolute atomic E-state index is 13.1. The summed E-state index contributed by atoms with van der Waals surface area (Å²) in [4.78, 5) is 0.448. The molecule has 0 aliphatic heterocycles. The van der Waals surface area contributed by atoms with Gasteiger partial charge < -0.3 is 5.73 Å². The van der Waals surface area contributed by atoms with Gasteiger partial charge in [-0.3, -0.25) is 4.21 Å². The molecule has 0 saturated heterocycles. The summed E-state index contributed by atoms with van der Waals surface area (Å²) in [5.74, 6) is 0.0189. The number of benzene rings is 2. The van der Waals surface area contributed by atoms with Crippen molar-refractivity contribution in [3.63, 3.8) is 0 Å². The molecule has 94 valence electrons. The predicted octanol–water partition coefficient (Wildman–Crippen LogP) is 2.76. The number of hydrogen-bond acceptors (Lipinski definition) is 2. The highest BCUT2D eigenvalue weighted by Gasteiger charge is 2.07. The van der Waals surface area contributed by atoms with Crippen LogP contribution in [0.2, 0.25) is 0 Å². The summed E-state index contributed by atoms with van der Waals surface area (Å²) in [6, 6.07) is 13.8. The Bertz CT molecular complexity index is 537. The molecule has 0 spiro atoms. The van der Waals surface area contributed by atoms with Crippen LogP contribution in [0.4, 0.5) is 10.1 Å². The lowest BCUT2D eigenvalue weighted by Gasteiger charge is -2.04. The molecule has 0 radical (unpaired) electrons. The van der Waals surface area contributed by atoms with Crippen molar-refractivity contribution in [1.29, 1.82) is 0 Å². The Morgan fingerprint density at radius 2 is 1.83 bits per heavy atom. The lowest BCUT2D eigenvalue weighted by molar-refractivity contribution is 0.623. The Morgan fingerprint density at radius 1 is 1.11 bits per heavy atom. The van der Waals surface area contributed by atoms with Gasteiger partial charge in [0.25, 0.3) is 0 Å². The van der Waals surface area contributed by atoms with Crippen LogP contribution in [0.25, 0.3) is 0 Å². The minimum absolute atomic E-state index is 0.304. The molecular weight excluding hydrogens is 249 g/mol. The molecule has 0 aromatic heterocycles. The molecule has 0 saturated carbocycles. The Kier molecular flexibility index (Phi) is 4.10. The first-order valence-corrected chi connectivity index (χ1v) is 6.95. The predicted molar refractivity (Wildman–Crippen MR) is 72.2 cm³/mol. The third-order valence-electron chi connectivity index (χ3n) is 2.58. The highest BCUT2D eigenvalue weighted by Crippen LogP contribution is 2.15. The van der Waals surface area contributed by atoms with E-state index in [2.05, 4.69) is 0 Å². The van der Waals surface area contributed by atoms with Crippen molar-refractivity contribution in [3.05, 3.63) is 59.9 Å². The van der Waals surface area contributed by atoms with E-state index in [4.69, 9.17) is 5.73 Å². The van der Waals surface area contributed by atoms with Crippen LogP contribution in [0.3, 0.4) is 0 Å². The average molecular weight is 263 g/mol. The van der Waals surface area contributed by atoms with E-state index in [0.717, 1.165) is 5.56 Å². The van der Waals surface area contributed by atoms with Crippen molar-refractivity contribution >= 4 is 16.5 Å². The fourth-order valence-electron chi connectivity index (χ4n) is 1.69. The molecular formula is C14H14FNOS. The van der Waals surface area contributed by atoms with Crippen LogP contribution in [0.1, 0.15) is 5.56 Å². The lowest BCUT2D eigenvalue weighted by atomic mass is 10.2. The van der Waals surface area contributed by atoms with E-state index < -0.39 is 16.6 Å². The molecule has 0 fully saturated rings. The maximum atomic E-state index is 13.1. The zero-order valence-electron chi connectivity index (χ0n) is 9.80. The number of anilines is 1. The lowest BCUT2D eigenvalue weighted by Crippen LogP contribution is -2.03. The Labute approximate surface area is 108 Å². The highest BCUT2D eigenvalue weighted by molar-refractivity contribution is 7.85. The minimum atomic E-state index is -1.22. The fraction of sp³-hybridized carbons (Fsp3) is 0.143. The van der Waals surface area contributed by atoms with E-state index in [-0.39, 0.29) is 0 Å². The number of aryl methyl sites for hydroxylation is 1. The second-order valence-corrected chi connectivity index (χ2v) is 5.58. The molecule has 0 bridgehead atoms. The summed E-state index contributed by atoms with van der Waals surface area (Å²) in [5, 5.41) is 0. The first-order chi connectivity index (χ1) is 8.65. The fourth-order valence-corrected chi connectivity index (χ4v) is 2.86. The van der Waals surface area contributed by atoms with Crippen LogP contribution in [0.5, 0.6) is 0 Å². The molecule has 18 heavy (non-hydrogen) atoms. The van der Waals surface area contributed by atoms with Gasteiger partial charge in [0.15, 0.2) is 0 Å². The summed E-state index contributed by atoms with van der Waals surface area (Å²) in [7, 11) is -1.22. The molecule has 2 nitrogen and oxygen atoms in total. The molecule has 2 N–H and O–H groups in total. The molecule has 2 rings (SSSR count). The number of nitrogens with two attached hydrogens (primary N) is 1. The van der Waals surface area contributed by atoms with Gasteiger partial charge in [-0.1, -0.05) is 30.3 Å². The van der Waals surface area contributed by atoms with Gasteiger partial charge in [-0.2, -0.15) is 0 Å². The molecule has 0 aliphatic rings. The molecule has 1 unspecified atom stereocenters. The zero-order valence-corrected chi connectivity index (χ0v) is 10.6. The van der Waals surface area contributed by atoms with E-state index in [0.29, 0.717) is 22.8 Å². The van der Waals surface area contributed by atoms with E-state index in [1.165, 1.54) is 12.1 Å². The van der Waals surface area contributed by atoms with Crippen molar-refractivity contribution in [3.8, 4) is 0 Å². The van der Waals surface area contributed by atoms with Crippen molar-refractivity contribution in [2.24, 2.45) is 0 Å². The van der Waals surface area contributed by atoms with Crippen molar-refractivity contribution in [1.82, 2.24) is 0 Å². The monoisotopic (exact) mass is 263 g/mol. The number of rotatable bonds is 4. The van der Waals surface area contributed by atoms with E-state index in [1.807, 2.05) is 30.3 Å². The first kappa shape index (κ1) is 12.8. The smallest absolute Gasteiger partial charge is 0.126 e. The van der Waals surface area contributed by atoms with Gasteiger partial charge in [0.2, 0.25) is 0 Å². The third-order valence-corrected chi connectivity index (χ3v) is 3.91. The van der Waals surface area contributed by atoms with Crippen LogP contribution < -0.4 is 5.73 Å². The number of nitrogen functional groups attached to an aromatic ring is 1. The average Bonchev–Trinajstić information content (AvgIpc) is 2.36. The first-order valence-electron chi connectivity index (χ1n) is 5.63. The van der Waals surface area contributed by atoms with Gasteiger partial charge in [-0.25, -0.2) is 4.39 Å². The zero-order chi connectivity index (χ0) is 13.0. The van der Waals surface area contributed by atoms with E-state index in [1.54, 1.807) is 6.07 Å². The minimum Gasteiger partial charge on any atom is -0.399 e. The van der Waals surface area contributed by atoms with E-state index in [9.17, 15) is 8.60 Å². The quantitative estimate of drug-likeness (QED) is 0.862. The largest absolute Gasteiger partial charge is 0.399 e. The standard InChI is InChI=1S/C14H14FNOS/c15-12-8-13(16)10-14(9-12)18(17)7-6-11-4-2-1-3-5-11/h1-5,8-10H,6-7,16H2. The van der Waals surface area contributed by atoms with Crippen LogP contribution in [0, 0.1) is 5.82 Å². The van der Waals surface area contributed by atoms with Gasteiger partial charge in [0, 0.05) is 16.3 Å². The van der Waals surface area contributed by atoms with Crippen molar-refractivity contribution in [2.75, 3.05) is 11.5 Å². The van der Waals surface area contributed by atoms with Crippen LogP contribution in [-0.4, -0.2) is 9.96 Å². The summed E-state index contributed by atoms with van der Waals surface area (Å²) < 4.78 is 25.1. The summed E-state index contributed by atoms with van der Waals surface area (Å²) in [6.07, 6.45) is 0.698. The van der Waals surface area contributed by atoms with Crippen LogP contribution >= 0.6 is 0 Å². The van der Waals surface area contributed by atoms with Crippen LogP contribution in [-0.2, 0) is 17.2 Å². The molecule has 1 atom stereocenters. The number of hydrogen-bond donors (Lipinski definition) is 1. The van der Waals surface area contributed by atoms with E-state index >= 15 is 0 Å². The second-order valence-electron chi connectivity index (χ2n) is 4.01. The van der Waals surface area contributed by atoms with Gasteiger partial charge in [-0.05, 0) is 30.2 Å². The summed E-state index contributed by atoms with van der Waals surface area (Å²) in [6.45, 7) is 0. The van der Waals surface area contributed by atoms with Crippen molar-refractivity contribution in [2.45, 2.75) is 11.3 Å². The Hall–Kier alpha value is -1.68. The van der Waals surface area contributed by atoms with Gasteiger partial charge in [-0.15, -0.1) is 0 Å². The van der Waals surface area contributed by atoms with Gasteiger partial charge in [0.05, 0.1) is 10.8 Å². The summed E-state index contributed by atoms with van der Waals surface area (Å²) >= 11 is 0. The molecule has 2 aromatic rings. The van der Waals surface area contributed by atoms with Crippen molar-refractivity contribution < 1.29 is 8.60 Å². The van der Waals surface area contributed by atoms with Gasteiger partial charge in [0.1, 0.15) is 5.82 Å². The SMILES string of the molecule is Nc1cc(F)cc(S(=O)CCc2ccccc2)c1. The molecule has 4 heteroatoms. The number of halogens is 1. The van der Waals surface area contributed by atoms with Gasteiger partial charge >= 0.3 is 0 Å². The molecule has 0 aliphatic carbocycles. The Balaban J connectivity index is 2.04. The topological polar surface area (TPSA) is 43.1 Å². The molecule has 2 aromatic carbocycles. The second kappa shape index (κ2) is 5.78.